The molecule has 0 radical (unpaired) electrons. The molecule has 0 saturated heterocycles. The van der Waals surface area contributed by atoms with E-state index in [1.807, 2.05) is 30.3 Å². The van der Waals surface area contributed by atoms with Gasteiger partial charge < -0.3 is 10.4 Å². The number of hydrogen-bond acceptors (Lipinski definition) is 2. The monoisotopic (exact) mass is 373 g/mol. The van der Waals surface area contributed by atoms with E-state index in [1.54, 1.807) is 0 Å². The van der Waals surface area contributed by atoms with Crippen LogP contribution in [0.3, 0.4) is 0 Å². The number of carbonyl (C=O) groups is 1. The minimum Gasteiger partial charge on any atom is -0.480 e. The van der Waals surface area contributed by atoms with Gasteiger partial charge in [-0.3, -0.25) is 4.79 Å². The highest BCUT2D eigenvalue weighted by Gasteiger charge is 2.25. The zero-order valence-corrected chi connectivity index (χ0v) is 14.4. The first-order chi connectivity index (χ1) is 11.1. The molecule has 0 aromatic heterocycles. The largest absolute Gasteiger partial charge is 0.480 e. The van der Waals surface area contributed by atoms with Gasteiger partial charge >= 0.3 is 5.97 Å². The lowest BCUT2D eigenvalue weighted by atomic mass is 9.87. The third-order valence-corrected chi connectivity index (χ3v) is 4.91. The molecular formula is C19H20BrNO2. The molecule has 0 bridgehead atoms. The van der Waals surface area contributed by atoms with Crippen LogP contribution in [0.5, 0.6) is 0 Å². The maximum absolute atomic E-state index is 11.6. The third-order valence-electron chi connectivity index (χ3n) is 4.41. The lowest BCUT2D eigenvalue weighted by Crippen LogP contribution is -2.46. The molecule has 3 rings (SSSR count). The average molecular weight is 374 g/mol. The van der Waals surface area contributed by atoms with Crippen LogP contribution in [0.1, 0.15) is 23.1 Å². The predicted molar refractivity (Wildman–Crippen MR) is 94.7 cm³/mol. The summed E-state index contributed by atoms with van der Waals surface area (Å²) < 4.78 is 1.11. The first kappa shape index (κ1) is 16.2. The van der Waals surface area contributed by atoms with Crippen LogP contribution in [0.15, 0.2) is 53.0 Å². The van der Waals surface area contributed by atoms with Crippen molar-refractivity contribution in [2.45, 2.75) is 37.8 Å². The Balaban J connectivity index is 1.67. The topological polar surface area (TPSA) is 49.3 Å². The molecule has 120 valence electrons. The Morgan fingerprint density at radius 2 is 2.00 bits per heavy atom. The van der Waals surface area contributed by atoms with Crippen LogP contribution >= 0.6 is 15.9 Å². The summed E-state index contributed by atoms with van der Waals surface area (Å²) in [5.74, 6) is -0.782. The third kappa shape index (κ3) is 4.21. The molecule has 1 unspecified atom stereocenters. The van der Waals surface area contributed by atoms with Crippen molar-refractivity contribution in [2.24, 2.45) is 0 Å². The van der Waals surface area contributed by atoms with Crippen molar-refractivity contribution >= 4 is 21.9 Å². The second-order valence-electron chi connectivity index (χ2n) is 6.10. The number of hydrogen-bond donors (Lipinski definition) is 2. The van der Waals surface area contributed by atoms with Crippen LogP contribution in [0.4, 0.5) is 0 Å². The number of nitrogens with one attached hydrogen (secondary N) is 1. The predicted octanol–water partition coefficient (Wildman–Crippen LogP) is 3.59. The molecule has 0 aliphatic heterocycles. The normalized spacial score (nSPS) is 18.2. The second kappa shape index (κ2) is 7.28. The Hall–Kier alpha value is -1.65. The summed E-state index contributed by atoms with van der Waals surface area (Å²) in [4.78, 5) is 11.6. The maximum Gasteiger partial charge on any atom is 0.321 e. The molecular weight excluding hydrogens is 354 g/mol. The molecule has 2 aromatic rings. The van der Waals surface area contributed by atoms with E-state index in [0.29, 0.717) is 6.42 Å². The van der Waals surface area contributed by atoms with Gasteiger partial charge in [0.15, 0.2) is 0 Å². The van der Waals surface area contributed by atoms with Crippen molar-refractivity contribution in [3.63, 3.8) is 0 Å². The molecule has 2 aromatic carbocycles. The number of aryl methyl sites for hydroxylation is 1. The lowest BCUT2D eigenvalue weighted by Gasteiger charge is -2.28. The Morgan fingerprint density at radius 1 is 1.22 bits per heavy atom. The smallest absolute Gasteiger partial charge is 0.321 e. The number of rotatable bonds is 5. The van der Waals surface area contributed by atoms with Gasteiger partial charge in [-0.25, -0.2) is 0 Å². The number of halogens is 1. The Morgan fingerprint density at radius 3 is 2.74 bits per heavy atom. The van der Waals surface area contributed by atoms with Crippen molar-refractivity contribution in [1.29, 1.82) is 0 Å². The molecule has 4 heteroatoms. The Kier molecular flexibility index (Phi) is 5.13. The molecule has 0 spiro atoms. The van der Waals surface area contributed by atoms with Gasteiger partial charge in [-0.15, -0.1) is 0 Å². The fourth-order valence-electron chi connectivity index (χ4n) is 3.22. The first-order valence-corrected chi connectivity index (χ1v) is 8.71. The van der Waals surface area contributed by atoms with E-state index in [4.69, 9.17) is 0 Å². The zero-order valence-electron chi connectivity index (χ0n) is 12.8. The highest BCUT2D eigenvalue weighted by atomic mass is 79.9. The fourth-order valence-corrected chi connectivity index (χ4v) is 3.63. The lowest BCUT2D eigenvalue weighted by molar-refractivity contribution is -0.139. The summed E-state index contributed by atoms with van der Waals surface area (Å²) in [5.41, 5.74) is 3.74. The van der Waals surface area contributed by atoms with E-state index >= 15 is 0 Å². The van der Waals surface area contributed by atoms with Crippen LogP contribution in [0.2, 0.25) is 0 Å². The maximum atomic E-state index is 11.6. The molecule has 2 N–H and O–H groups in total. The van der Waals surface area contributed by atoms with Crippen molar-refractivity contribution in [3.8, 4) is 0 Å². The molecule has 0 heterocycles. The molecule has 0 fully saturated rings. The molecule has 0 amide bonds. The van der Waals surface area contributed by atoms with Gasteiger partial charge in [-0.05, 0) is 54.5 Å². The van der Waals surface area contributed by atoms with Gasteiger partial charge in [-0.1, -0.05) is 52.3 Å². The first-order valence-electron chi connectivity index (χ1n) is 7.92. The van der Waals surface area contributed by atoms with E-state index in [0.717, 1.165) is 29.3 Å². The van der Waals surface area contributed by atoms with Crippen LogP contribution in [-0.2, 0) is 24.1 Å². The van der Waals surface area contributed by atoms with Crippen LogP contribution in [0, 0.1) is 0 Å². The van der Waals surface area contributed by atoms with Crippen molar-refractivity contribution < 1.29 is 9.90 Å². The van der Waals surface area contributed by atoms with Crippen molar-refractivity contribution in [1.82, 2.24) is 5.32 Å². The minimum absolute atomic E-state index is 0.216. The van der Waals surface area contributed by atoms with Crippen molar-refractivity contribution in [2.75, 3.05) is 0 Å². The molecule has 3 nitrogen and oxygen atoms in total. The standard InChI is InChI=1S/C19H20BrNO2/c20-16-8-6-15-12-17(9-7-14(15)11-16)21-18(19(22)23)10-13-4-2-1-3-5-13/h1-6,8,11,17-18,21H,7,9-10,12H2,(H,22,23)/t17?,18-/m0/s1. The fraction of sp³-hybridized carbons (Fsp3) is 0.316. The van der Waals surface area contributed by atoms with Gasteiger partial charge in [0.1, 0.15) is 6.04 Å². The molecule has 23 heavy (non-hydrogen) atoms. The summed E-state index contributed by atoms with van der Waals surface area (Å²) >= 11 is 3.51. The van der Waals surface area contributed by atoms with E-state index in [1.165, 1.54) is 11.1 Å². The van der Waals surface area contributed by atoms with Gasteiger partial charge in [0.2, 0.25) is 0 Å². The van der Waals surface area contributed by atoms with Gasteiger partial charge in [-0.2, -0.15) is 0 Å². The number of benzene rings is 2. The van der Waals surface area contributed by atoms with Crippen molar-refractivity contribution in [3.05, 3.63) is 69.7 Å². The highest BCUT2D eigenvalue weighted by molar-refractivity contribution is 9.10. The van der Waals surface area contributed by atoms with Crippen LogP contribution in [-0.4, -0.2) is 23.2 Å². The van der Waals surface area contributed by atoms with Gasteiger partial charge in [0, 0.05) is 10.5 Å². The minimum atomic E-state index is -0.782. The summed E-state index contributed by atoms with van der Waals surface area (Å²) in [6, 6.07) is 15.8. The highest BCUT2D eigenvalue weighted by Crippen LogP contribution is 2.25. The molecule has 1 aliphatic carbocycles. The summed E-state index contributed by atoms with van der Waals surface area (Å²) in [6.45, 7) is 0. The number of carboxylic acids is 1. The SMILES string of the molecule is O=C(O)[C@H](Cc1ccccc1)NC1CCc2cc(Br)ccc2C1. The molecule has 2 atom stereocenters. The van der Waals surface area contributed by atoms with E-state index in [2.05, 4.69) is 39.4 Å². The number of carboxylic acid groups (broad SMARTS) is 1. The number of aliphatic carboxylic acids is 1. The second-order valence-corrected chi connectivity index (χ2v) is 7.02. The summed E-state index contributed by atoms with van der Waals surface area (Å²) in [6.07, 6.45) is 3.37. The van der Waals surface area contributed by atoms with Gasteiger partial charge in [0.25, 0.3) is 0 Å². The Labute approximate surface area is 144 Å². The summed E-state index contributed by atoms with van der Waals surface area (Å²) in [7, 11) is 0. The van der Waals surface area contributed by atoms with E-state index < -0.39 is 12.0 Å². The zero-order chi connectivity index (χ0) is 16.2. The molecule has 1 aliphatic rings. The van der Waals surface area contributed by atoms with Gasteiger partial charge in [0.05, 0.1) is 0 Å². The average Bonchev–Trinajstić information content (AvgIpc) is 2.55. The molecule has 0 saturated carbocycles. The Bertz CT molecular complexity index is 687. The summed E-state index contributed by atoms with van der Waals surface area (Å²) in [5, 5.41) is 12.9. The van der Waals surface area contributed by atoms with Crippen LogP contribution < -0.4 is 5.32 Å². The van der Waals surface area contributed by atoms with E-state index in [-0.39, 0.29) is 6.04 Å². The quantitative estimate of drug-likeness (QED) is 0.841. The van der Waals surface area contributed by atoms with E-state index in [9.17, 15) is 9.90 Å². The van der Waals surface area contributed by atoms with Crippen LogP contribution in [0.25, 0.3) is 0 Å². The number of fused-ring (bicyclic) bond motifs is 1.